The Morgan fingerprint density at radius 3 is 2.55 bits per heavy atom. The Hall–Kier alpha value is -0.110. The smallest absolute Gasteiger partial charge is 0.197 e. The first-order valence-electron chi connectivity index (χ1n) is 3.44. The molecule has 4 heteroatoms. The SMILES string of the molecule is C=CCOCCOP(C)(C)=O. The minimum absolute atomic E-state index is 0.387. The van der Waals surface area contributed by atoms with E-state index in [1.807, 2.05) is 0 Å². The van der Waals surface area contributed by atoms with Gasteiger partial charge in [0.15, 0.2) is 7.37 Å². The molecule has 0 spiro atoms. The fraction of sp³-hybridized carbons (Fsp3) is 0.714. The molecule has 3 nitrogen and oxygen atoms in total. The first-order valence-corrected chi connectivity index (χ1v) is 5.96. The molecule has 0 saturated heterocycles. The minimum atomic E-state index is -2.32. The molecule has 0 radical (unpaired) electrons. The summed E-state index contributed by atoms with van der Waals surface area (Å²) >= 11 is 0. The van der Waals surface area contributed by atoms with Gasteiger partial charge in [-0.05, 0) is 0 Å². The molecule has 0 aliphatic heterocycles. The lowest BCUT2D eigenvalue weighted by molar-refractivity contribution is 0.123. The Labute approximate surface area is 67.8 Å². The van der Waals surface area contributed by atoms with E-state index in [0.29, 0.717) is 19.8 Å². The molecule has 0 aromatic rings. The van der Waals surface area contributed by atoms with Crippen molar-refractivity contribution >= 4 is 7.37 Å². The normalized spacial score (nSPS) is 11.5. The van der Waals surface area contributed by atoms with E-state index in [1.165, 1.54) is 0 Å². The standard InChI is InChI=1S/C7H15O3P/c1-4-5-9-6-7-10-11(2,3)8/h4H,1,5-7H2,2-3H3. The van der Waals surface area contributed by atoms with Gasteiger partial charge in [-0.2, -0.15) is 0 Å². The van der Waals surface area contributed by atoms with Gasteiger partial charge in [-0.1, -0.05) is 6.08 Å². The lowest BCUT2D eigenvalue weighted by Crippen LogP contribution is -2.02. The van der Waals surface area contributed by atoms with Gasteiger partial charge in [0.25, 0.3) is 0 Å². The predicted molar refractivity (Wildman–Crippen MR) is 46.4 cm³/mol. The van der Waals surface area contributed by atoms with Crippen molar-refractivity contribution in [3.63, 3.8) is 0 Å². The molecule has 0 aliphatic rings. The van der Waals surface area contributed by atoms with Crippen molar-refractivity contribution in [1.82, 2.24) is 0 Å². The fourth-order valence-corrected chi connectivity index (χ4v) is 0.997. The van der Waals surface area contributed by atoms with E-state index in [0.717, 1.165) is 0 Å². The second-order valence-corrected chi connectivity index (χ2v) is 5.21. The molecule has 0 heterocycles. The van der Waals surface area contributed by atoms with Crippen LogP contribution in [0.5, 0.6) is 0 Å². The molecule has 0 amide bonds. The van der Waals surface area contributed by atoms with Crippen LogP contribution >= 0.6 is 7.37 Å². The van der Waals surface area contributed by atoms with Gasteiger partial charge in [-0.3, -0.25) is 4.57 Å². The van der Waals surface area contributed by atoms with Crippen LogP contribution in [0.4, 0.5) is 0 Å². The molecule has 0 unspecified atom stereocenters. The third kappa shape index (κ3) is 9.89. The summed E-state index contributed by atoms with van der Waals surface area (Å²) in [7, 11) is -2.32. The molecule has 0 aliphatic carbocycles. The third-order valence-corrected chi connectivity index (χ3v) is 1.67. The molecule has 0 bridgehead atoms. The Kier molecular flexibility index (Phi) is 5.47. The van der Waals surface area contributed by atoms with Gasteiger partial charge in [0.1, 0.15) is 0 Å². The molecule has 0 fully saturated rings. The van der Waals surface area contributed by atoms with Gasteiger partial charge < -0.3 is 9.26 Å². The molecule has 0 atom stereocenters. The van der Waals surface area contributed by atoms with Crippen LogP contribution in [0.25, 0.3) is 0 Å². The van der Waals surface area contributed by atoms with Crippen molar-refractivity contribution in [1.29, 1.82) is 0 Å². The highest BCUT2D eigenvalue weighted by atomic mass is 31.2. The lowest BCUT2D eigenvalue weighted by atomic mass is 10.7. The maximum absolute atomic E-state index is 10.9. The molecule has 66 valence electrons. The van der Waals surface area contributed by atoms with E-state index in [2.05, 4.69) is 6.58 Å². The molecule has 0 rings (SSSR count). The average Bonchev–Trinajstić information content (AvgIpc) is 1.85. The lowest BCUT2D eigenvalue weighted by Gasteiger charge is -2.07. The van der Waals surface area contributed by atoms with Crippen LogP contribution in [-0.4, -0.2) is 33.2 Å². The summed E-state index contributed by atoms with van der Waals surface area (Å²) < 4.78 is 20.9. The largest absolute Gasteiger partial charge is 0.375 e. The maximum atomic E-state index is 10.9. The van der Waals surface area contributed by atoms with E-state index in [9.17, 15) is 4.57 Å². The monoisotopic (exact) mass is 178 g/mol. The Morgan fingerprint density at radius 1 is 1.45 bits per heavy atom. The zero-order valence-corrected chi connectivity index (χ0v) is 7.97. The second-order valence-electron chi connectivity index (χ2n) is 2.45. The van der Waals surface area contributed by atoms with Crippen LogP contribution < -0.4 is 0 Å². The van der Waals surface area contributed by atoms with Crippen LogP contribution in [0.3, 0.4) is 0 Å². The second kappa shape index (κ2) is 5.53. The van der Waals surface area contributed by atoms with Crippen molar-refractivity contribution in [3.05, 3.63) is 12.7 Å². The number of hydrogen-bond acceptors (Lipinski definition) is 3. The van der Waals surface area contributed by atoms with Gasteiger partial charge >= 0.3 is 0 Å². The zero-order chi connectivity index (χ0) is 8.74. The summed E-state index contributed by atoms with van der Waals surface area (Å²) in [5, 5.41) is 0. The summed E-state index contributed by atoms with van der Waals surface area (Å²) in [5.41, 5.74) is 0. The van der Waals surface area contributed by atoms with Crippen LogP contribution in [0.2, 0.25) is 0 Å². The molecule has 0 N–H and O–H groups in total. The van der Waals surface area contributed by atoms with Crippen LogP contribution in [-0.2, 0) is 13.8 Å². The van der Waals surface area contributed by atoms with E-state index in [1.54, 1.807) is 19.4 Å². The summed E-state index contributed by atoms with van der Waals surface area (Å²) in [4.78, 5) is 0. The maximum Gasteiger partial charge on any atom is 0.197 e. The Bertz CT molecular complexity index is 150. The zero-order valence-electron chi connectivity index (χ0n) is 7.08. The van der Waals surface area contributed by atoms with Crippen LogP contribution in [0.15, 0.2) is 12.7 Å². The number of ether oxygens (including phenoxy) is 1. The molecular weight excluding hydrogens is 163 g/mol. The Morgan fingerprint density at radius 2 is 2.09 bits per heavy atom. The van der Waals surface area contributed by atoms with Crippen molar-refractivity contribution < 1.29 is 13.8 Å². The van der Waals surface area contributed by atoms with Gasteiger partial charge in [0.2, 0.25) is 0 Å². The summed E-state index contributed by atoms with van der Waals surface area (Å²) in [6.07, 6.45) is 1.66. The molecule has 0 aromatic heterocycles. The quantitative estimate of drug-likeness (QED) is 0.353. The van der Waals surface area contributed by atoms with E-state index in [-0.39, 0.29) is 0 Å². The predicted octanol–water partition coefficient (Wildman–Crippen LogP) is 1.74. The average molecular weight is 178 g/mol. The van der Waals surface area contributed by atoms with E-state index in [4.69, 9.17) is 9.26 Å². The summed E-state index contributed by atoms with van der Waals surface area (Å²) in [6.45, 7) is 8.03. The topological polar surface area (TPSA) is 35.5 Å². The number of rotatable bonds is 6. The van der Waals surface area contributed by atoms with E-state index >= 15 is 0 Å². The summed E-state index contributed by atoms with van der Waals surface area (Å²) in [6, 6.07) is 0. The first kappa shape index (κ1) is 10.9. The summed E-state index contributed by atoms with van der Waals surface area (Å²) in [5.74, 6) is 0. The van der Waals surface area contributed by atoms with Crippen molar-refractivity contribution in [2.45, 2.75) is 0 Å². The van der Waals surface area contributed by atoms with Crippen LogP contribution in [0.1, 0.15) is 0 Å². The highest BCUT2D eigenvalue weighted by Crippen LogP contribution is 2.36. The first-order chi connectivity index (χ1) is 5.06. The molecule has 0 aromatic carbocycles. The van der Waals surface area contributed by atoms with Crippen molar-refractivity contribution in [2.24, 2.45) is 0 Å². The van der Waals surface area contributed by atoms with Crippen molar-refractivity contribution in [3.8, 4) is 0 Å². The highest BCUT2D eigenvalue weighted by molar-refractivity contribution is 7.57. The molecule has 0 saturated carbocycles. The van der Waals surface area contributed by atoms with Gasteiger partial charge in [-0.15, -0.1) is 6.58 Å². The molecule has 11 heavy (non-hydrogen) atoms. The third-order valence-electron chi connectivity index (χ3n) is 0.866. The van der Waals surface area contributed by atoms with Gasteiger partial charge in [0.05, 0.1) is 19.8 Å². The molecular formula is C7H15O3P. The van der Waals surface area contributed by atoms with Crippen molar-refractivity contribution in [2.75, 3.05) is 33.2 Å². The fourth-order valence-electron chi connectivity index (χ4n) is 0.483. The van der Waals surface area contributed by atoms with Gasteiger partial charge in [-0.25, -0.2) is 0 Å². The number of hydrogen-bond donors (Lipinski definition) is 0. The van der Waals surface area contributed by atoms with Crippen LogP contribution in [0, 0.1) is 0 Å². The Balaban J connectivity index is 3.15. The minimum Gasteiger partial charge on any atom is -0.375 e. The highest BCUT2D eigenvalue weighted by Gasteiger charge is 2.04. The van der Waals surface area contributed by atoms with Gasteiger partial charge in [0, 0.05) is 13.3 Å². The van der Waals surface area contributed by atoms with E-state index < -0.39 is 7.37 Å².